The highest BCUT2D eigenvalue weighted by molar-refractivity contribution is 5.66. The van der Waals surface area contributed by atoms with Crippen LogP contribution in [-0.4, -0.2) is 41.8 Å². The van der Waals surface area contributed by atoms with Gasteiger partial charge in [-0.25, -0.2) is 0 Å². The Morgan fingerprint density at radius 1 is 1.03 bits per heavy atom. The highest BCUT2D eigenvalue weighted by Gasteiger charge is 2.19. The van der Waals surface area contributed by atoms with Gasteiger partial charge in [0.05, 0.1) is 12.9 Å². The quantitative estimate of drug-likeness (QED) is 0.198. The molecular formula is C28H35NO6. The summed E-state index contributed by atoms with van der Waals surface area (Å²) in [5, 5.41) is 18.4. The number of unbranched alkanes of at least 4 members (excludes halogenated alkanes) is 2. The number of aldehydes is 1. The van der Waals surface area contributed by atoms with E-state index in [1.165, 1.54) is 0 Å². The number of aliphatic hydroxyl groups is 1. The van der Waals surface area contributed by atoms with Crippen LogP contribution in [0.1, 0.15) is 45.1 Å². The molecule has 0 radical (unpaired) electrons. The normalized spacial score (nSPS) is 10.7. The first kappa shape index (κ1) is 27.7. The zero-order chi connectivity index (χ0) is 25.7. The van der Waals surface area contributed by atoms with Crippen LogP contribution in [0.4, 0.5) is 5.69 Å². The summed E-state index contributed by atoms with van der Waals surface area (Å²) in [7, 11) is 1.86. The van der Waals surface area contributed by atoms with E-state index in [4.69, 9.17) is 14.3 Å². The molecule has 0 aliphatic rings. The standard InChI is InChI=1S/C14H17NO2.C14H18O4/c1-14(2,16)15(3)12-8-6-11(7-9-12)13-5-4-10-17-13;15-10-9-12-6-3-4-7-13(12)18-11-5-1-2-8-14(16)17/h4-10,16H,1-3H3;3-4,6-7,10H,1-2,5,8-9,11H2,(H,16,17). The summed E-state index contributed by atoms with van der Waals surface area (Å²) < 4.78 is 10.9. The molecule has 0 bridgehead atoms. The lowest BCUT2D eigenvalue weighted by Crippen LogP contribution is -2.40. The summed E-state index contributed by atoms with van der Waals surface area (Å²) in [5.74, 6) is 0.831. The third-order valence-electron chi connectivity index (χ3n) is 5.45. The zero-order valence-electron chi connectivity index (χ0n) is 20.6. The summed E-state index contributed by atoms with van der Waals surface area (Å²) >= 11 is 0. The van der Waals surface area contributed by atoms with Crippen molar-refractivity contribution in [2.24, 2.45) is 0 Å². The second-order valence-electron chi connectivity index (χ2n) is 8.61. The Kier molecular flexibility index (Phi) is 11.0. The Hall–Kier alpha value is -3.58. The number of para-hydroxylation sites is 1. The lowest BCUT2D eigenvalue weighted by atomic mass is 10.1. The highest BCUT2D eigenvalue weighted by atomic mass is 16.5. The molecule has 0 saturated heterocycles. The van der Waals surface area contributed by atoms with Crippen molar-refractivity contribution in [3.05, 3.63) is 72.5 Å². The van der Waals surface area contributed by atoms with Gasteiger partial charge in [0, 0.05) is 36.7 Å². The first-order valence-electron chi connectivity index (χ1n) is 11.7. The van der Waals surface area contributed by atoms with Gasteiger partial charge in [-0.3, -0.25) is 4.79 Å². The van der Waals surface area contributed by atoms with E-state index in [9.17, 15) is 14.7 Å². The smallest absolute Gasteiger partial charge is 0.303 e. The van der Waals surface area contributed by atoms with E-state index in [2.05, 4.69) is 0 Å². The molecule has 0 atom stereocenters. The van der Waals surface area contributed by atoms with Crippen molar-refractivity contribution in [1.29, 1.82) is 0 Å². The Bertz CT molecular complexity index is 1020. The summed E-state index contributed by atoms with van der Waals surface area (Å²) in [6.45, 7) is 4.07. The molecule has 7 nitrogen and oxygen atoms in total. The maximum atomic E-state index is 10.5. The van der Waals surface area contributed by atoms with E-state index < -0.39 is 11.7 Å². The van der Waals surface area contributed by atoms with Crippen molar-refractivity contribution in [3.8, 4) is 17.1 Å². The van der Waals surface area contributed by atoms with Gasteiger partial charge < -0.3 is 29.1 Å². The maximum absolute atomic E-state index is 10.5. The number of carbonyl (C=O) groups excluding carboxylic acids is 1. The Morgan fingerprint density at radius 2 is 1.74 bits per heavy atom. The van der Waals surface area contributed by atoms with Gasteiger partial charge in [0.15, 0.2) is 0 Å². The molecule has 0 aliphatic carbocycles. The van der Waals surface area contributed by atoms with Crippen LogP contribution < -0.4 is 9.64 Å². The minimum Gasteiger partial charge on any atom is -0.493 e. The van der Waals surface area contributed by atoms with Crippen LogP contribution in [-0.2, 0) is 16.0 Å². The average molecular weight is 482 g/mol. The largest absolute Gasteiger partial charge is 0.493 e. The predicted octanol–water partition coefficient (Wildman–Crippen LogP) is 5.56. The summed E-state index contributed by atoms with van der Waals surface area (Å²) in [5.41, 5.74) is 2.01. The molecule has 2 aromatic carbocycles. The molecule has 1 heterocycles. The first-order chi connectivity index (χ1) is 16.7. The molecule has 1 aromatic heterocycles. The van der Waals surface area contributed by atoms with Gasteiger partial charge in [-0.05, 0) is 75.6 Å². The van der Waals surface area contributed by atoms with E-state index in [1.807, 2.05) is 72.6 Å². The number of ether oxygens (including phenoxy) is 1. The number of aliphatic carboxylic acids is 1. The molecule has 0 fully saturated rings. The minimum absolute atomic E-state index is 0.210. The molecule has 0 saturated carbocycles. The van der Waals surface area contributed by atoms with Crippen molar-refractivity contribution in [2.75, 3.05) is 18.6 Å². The minimum atomic E-state index is -0.869. The van der Waals surface area contributed by atoms with Gasteiger partial charge >= 0.3 is 5.97 Å². The van der Waals surface area contributed by atoms with Crippen LogP contribution in [0, 0.1) is 0 Å². The Labute approximate surface area is 207 Å². The lowest BCUT2D eigenvalue weighted by molar-refractivity contribution is -0.137. The summed E-state index contributed by atoms with van der Waals surface area (Å²) in [6, 6.07) is 19.1. The molecule has 0 spiro atoms. The van der Waals surface area contributed by atoms with Crippen molar-refractivity contribution in [3.63, 3.8) is 0 Å². The fourth-order valence-electron chi connectivity index (χ4n) is 3.25. The van der Waals surface area contributed by atoms with Crippen LogP contribution in [0.25, 0.3) is 11.3 Å². The van der Waals surface area contributed by atoms with Gasteiger partial charge in [-0.2, -0.15) is 0 Å². The van der Waals surface area contributed by atoms with Gasteiger partial charge in [0.25, 0.3) is 0 Å². The topological polar surface area (TPSA) is 100 Å². The van der Waals surface area contributed by atoms with Crippen molar-refractivity contribution < 1.29 is 29.0 Å². The Balaban J connectivity index is 0.000000247. The van der Waals surface area contributed by atoms with Gasteiger partial charge in [-0.1, -0.05) is 18.2 Å². The summed E-state index contributed by atoms with van der Waals surface area (Å²) in [4.78, 5) is 22.6. The van der Waals surface area contributed by atoms with E-state index in [0.717, 1.165) is 47.5 Å². The number of hydrogen-bond donors (Lipinski definition) is 2. The van der Waals surface area contributed by atoms with Crippen molar-refractivity contribution >= 4 is 17.9 Å². The second kappa shape index (κ2) is 14.0. The van der Waals surface area contributed by atoms with Gasteiger partial charge in [0.1, 0.15) is 23.5 Å². The average Bonchev–Trinajstić information content (AvgIpc) is 3.37. The number of hydrogen-bond acceptors (Lipinski definition) is 6. The molecule has 2 N–H and O–H groups in total. The third kappa shape index (κ3) is 9.66. The SMILES string of the molecule is CN(c1ccc(-c2ccco2)cc1)C(C)(C)O.O=CCc1ccccc1OCCCCCC(=O)O. The van der Waals surface area contributed by atoms with Crippen molar-refractivity contribution in [2.45, 2.75) is 51.7 Å². The van der Waals surface area contributed by atoms with E-state index in [0.29, 0.717) is 19.4 Å². The molecule has 188 valence electrons. The number of nitrogens with zero attached hydrogens (tertiary/aromatic N) is 1. The number of furan rings is 1. The molecule has 3 rings (SSSR count). The van der Waals surface area contributed by atoms with Crippen LogP contribution in [0.3, 0.4) is 0 Å². The lowest BCUT2D eigenvalue weighted by Gasteiger charge is -2.32. The number of rotatable bonds is 12. The molecule has 0 unspecified atom stereocenters. The third-order valence-corrected chi connectivity index (χ3v) is 5.45. The van der Waals surface area contributed by atoms with Gasteiger partial charge in [-0.15, -0.1) is 0 Å². The summed E-state index contributed by atoms with van der Waals surface area (Å²) in [6.07, 6.45) is 5.41. The number of benzene rings is 2. The van der Waals surface area contributed by atoms with Crippen molar-refractivity contribution in [1.82, 2.24) is 0 Å². The first-order valence-corrected chi connectivity index (χ1v) is 11.7. The zero-order valence-corrected chi connectivity index (χ0v) is 20.6. The molecule has 3 aromatic rings. The molecule has 7 heteroatoms. The van der Waals surface area contributed by atoms with Crippen LogP contribution in [0.5, 0.6) is 5.75 Å². The van der Waals surface area contributed by atoms with E-state index >= 15 is 0 Å². The maximum Gasteiger partial charge on any atom is 0.303 e. The monoisotopic (exact) mass is 481 g/mol. The van der Waals surface area contributed by atoms with Crippen LogP contribution in [0.2, 0.25) is 0 Å². The molecular weight excluding hydrogens is 446 g/mol. The molecule has 0 amide bonds. The van der Waals surface area contributed by atoms with E-state index in [-0.39, 0.29) is 6.42 Å². The Morgan fingerprint density at radius 3 is 2.34 bits per heavy atom. The fourth-order valence-corrected chi connectivity index (χ4v) is 3.25. The number of carboxylic acids is 1. The highest BCUT2D eigenvalue weighted by Crippen LogP contribution is 2.25. The van der Waals surface area contributed by atoms with E-state index in [1.54, 1.807) is 20.1 Å². The number of carbonyl (C=O) groups is 2. The molecule has 0 aliphatic heterocycles. The van der Waals surface area contributed by atoms with Crippen LogP contribution >= 0.6 is 0 Å². The number of carboxylic acid groups (broad SMARTS) is 1. The van der Waals surface area contributed by atoms with Gasteiger partial charge in [0.2, 0.25) is 0 Å². The fraction of sp³-hybridized carbons (Fsp3) is 0.357. The predicted molar refractivity (Wildman–Crippen MR) is 137 cm³/mol. The number of anilines is 1. The van der Waals surface area contributed by atoms with Crippen LogP contribution in [0.15, 0.2) is 71.3 Å². The molecule has 35 heavy (non-hydrogen) atoms. The second-order valence-corrected chi connectivity index (χ2v) is 8.61.